The molecule has 7 nitrogen and oxygen atoms in total. The quantitative estimate of drug-likeness (QED) is 0.130. The predicted octanol–water partition coefficient (Wildman–Crippen LogP) is 7.97. The lowest BCUT2D eigenvalue weighted by Crippen LogP contribution is -2.26. The lowest BCUT2D eigenvalue weighted by atomic mass is 9.96. The number of rotatable bonds is 11. The molecule has 1 atom stereocenters. The smallest absolute Gasteiger partial charge is 0.416 e. The Morgan fingerprint density at radius 2 is 1.57 bits per heavy atom. The summed E-state index contributed by atoms with van der Waals surface area (Å²) in [5.74, 6) is -0.156. The summed E-state index contributed by atoms with van der Waals surface area (Å²) >= 11 is 0. The number of halogens is 3. The summed E-state index contributed by atoms with van der Waals surface area (Å²) in [6.07, 6.45) is -4.13. The van der Waals surface area contributed by atoms with E-state index < -0.39 is 29.4 Å². The second kappa shape index (κ2) is 14.4. The van der Waals surface area contributed by atoms with E-state index in [2.05, 4.69) is 23.9 Å². The molecule has 1 unspecified atom stereocenters. The molecule has 0 spiro atoms. The number of alkyl halides is 3. The number of amides is 1. The highest BCUT2D eigenvalue weighted by atomic mass is 19.4. The van der Waals surface area contributed by atoms with Crippen LogP contribution in [0.3, 0.4) is 0 Å². The van der Waals surface area contributed by atoms with Gasteiger partial charge in [0.05, 0.1) is 19.1 Å². The Bertz CT molecular complexity index is 1440. The zero-order chi connectivity index (χ0) is 32.7. The van der Waals surface area contributed by atoms with Gasteiger partial charge in [-0.3, -0.25) is 15.0 Å². The monoisotopic (exact) mass is 612 g/mol. The first-order chi connectivity index (χ1) is 20.6. The van der Waals surface area contributed by atoms with Crippen molar-refractivity contribution in [3.8, 4) is 16.9 Å². The molecular formula is C34H39F3N2O5. The van der Waals surface area contributed by atoms with Gasteiger partial charge in [-0.15, -0.1) is 0 Å². The van der Waals surface area contributed by atoms with Crippen LogP contribution in [0, 0.1) is 11.3 Å². The zero-order valence-corrected chi connectivity index (χ0v) is 25.8. The molecule has 0 bridgehead atoms. The van der Waals surface area contributed by atoms with Gasteiger partial charge >= 0.3 is 12.1 Å². The van der Waals surface area contributed by atoms with E-state index in [0.29, 0.717) is 34.4 Å². The van der Waals surface area contributed by atoms with Gasteiger partial charge in [0.15, 0.2) is 0 Å². The highest BCUT2D eigenvalue weighted by molar-refractivity contribution is 5.99. The van der Waals surface area contributed by atoms with Gasteiger partial charge in [0.1, 0.15) is 17.5 Å². The van der Waals surface area contributed by atoms with Crippen molar-refractivity contribution in [2.24, 2.45) is 5.92 Å². The van der Waals surface area contributed by atoms with Crippen molar-refractivity contribution in [2.75, 3.05) is 13.7 Å². The first-order valence-corrected chi connectivity index (χ1v) is 14.3. The van der Waals surface area contributed by atoms with Crippen LogP contribution in [0.25, 0.3) is 11.1 Å². The summed E-state index contributed by atoms with van der Waals surface area (Å²) < 4.78 is 56.4. The van der Waals surface area contributed by atoms with E-state index in [1.165, 1.54) is 19.2 Å². The van der Waals surface area contributed by atoms with Crippen molar-refractivity contribution < 1.29 is 37.0 Å². The molecule has 2 N–H and O–H groups in total. The summed E-state index contributed by atoms with van der Waals surface area (Å²) in [6, 6.07) is 16.9. The number of benzene rings is 3. The van der Waals surface area contributed by atoms with Crippen LogP contribution in [0.15, 0.2) is 66.7 Å². The molecule has 0 saturated heterocycles. The predicted molar refractivity (Wildman–Crippen MR) is 163 cm³/mol. The van der Waals surface area contributed by atoms with Crippen LogP contribution in [-0.2, 0) is 20.4 Å². The number of ether oxygens (including phenoxy) is 3. The maximum Gasteiger partial charge on any atom is 0.416 e. The molecule has 0 aliphatic carbocycles. The number of hydrogen-bond acceptors (Lipinski definition) is 6. The molecule has 0 aromatic heterocycles. The van der Waals surface area contributed by atoms with Crippen molar-refractivity contribution in [3.05, 3.63) is 89.0 Å². The second-order valence-electron chi connectivity index (χ2n) is 11.8. The van der Waals surface area contributed by atoms with Crippen molar-refractivity contribution in [1.29, 1.82) is 5.41 Å². The standard InChI is InChI=1S/C34H39F3N2O5/c1-21(2)19-29(23-7-9-24(10-8-23)32(41)39-18-17-30(40)42-6)43-26-15-16-27(28(20-26)31(38)44-33(3,4)5)22-11-13-25(14-12-22)34(35,36)37/h7-16,20-21,29,38H,17-19H2,1-6H3,(H,39,41). The maximum atomic E-state index is 13.2. The number of esters is 1. The minimum atomic E-state index is -4.46. The van der Waals surface area contributed by atoms with Gasteiger partial charge in [0.25, 0.3) is 5.91 Å². The normalized spacial score (nSPS) is 12.4. The van der Waals surface area contributed by atoms with E-state index in [0.717, 1.165) is 17.7 Å². The van der Waals surface area contributed by atoms with Crippen LogP contribution < -0.4 is 10.1 Å². The molecule has 0 aliphatic rings. The van der Waals surface area contributed by atoms with E-state index in [1.54, 1.807) is 51.1 Å². The topological polar surface area (TPSA) is 97.7 Å². The molecule has 44 heavy (non-hydrogen) atoms. The summed E-state index contributed by atoms with van der Waals surface area (Å²) in [7, 11) is 1.29. The molecule has 3 aromatic carbocycles. The van der Waals surface area contributed by atoms with Crippen LogP contribution >= 0.6 is 0 Å². The number of hydrogen-bond donors (Lipinski definition) is 2. The Morgan fingerprint density at radius 1 is 0.932 bits per heavy atom. The van der Waals surface area contributed by atoms with Crippen LogP contribution in [-0.4, -0.2) is 37.0 Å². The maximum absolute atomic E-state index is 13.2. The lowest BCUT2D eigenvalue weighted by molar-refractivity contribution is -0.140. The average molecular weight is 613 g/mol. The van der Waals surface area contributed by atoms with Gasteiger partial charge in [-0.25, -0.2) is 0 Å². The molecule has 0 heterocycles. The minimum absolute atomic E-state index is 0.0720. The van der Waals surface area contributed by atoms with Crippen LogP contribution in [0.1, 0.15) is 80.6 Å². The van der Waals surface area contributed by atoms with Crippen molar-refractivity contribution in [3.63, 3.8) is 0 Å². The van der Waals surface area contributed by atoms with Crippen LogP contribution in [0.4, 0.5) is 13.2 Å². The number of carbonyl (C=O) groups is 2. The summed E-state index contributed by atoms with van der Waals surface area (Å²) in [5, 5.41) is 11.4. The fourth-order valence-corrected chi connectivity index (χ4v) is 4.41. The molecule has 0 fully saturated rings. The zero-order valence-electron chi connectivity index (χ0n) is 25.8. The largest absolute Gasteiger partial charge is 0.486 e. The van der Waals surface area contributed by atoms with Crippen molar-refractivity contribution in [1.82, 2.24) is 5.32 Å². The molecule has 3 rings (SSSR count). The molecular weight excluding hydrogens is 573 g/mol. The van der Waals surface area contributed by atoms with E-state index in [9.17, 15) is 22.8 Å². The molecule has 0 radical (unpaired) electrons. The molecule has 1 amide bonds. The van der Waals surface area contributed by atoms with Crippen molar-refractivity contribution >= 4 is 17.8 Å². The summed E-state index contributed by atoms with van der Waals surface area (Å²) in [4.78, 5) is 23.8. The second-order valence-corrected chi connectivity index (χ2v) is 11.8. The fraction of sp³-hybridized carbons (Fsp3) is 0.382. The van der Waals surface area contributed by atoms with Crippen molar-refractivity contribution in [2.45, 2.75) is 65.3 Å². The van der Waals surface area contributed by atoms with E-state index in [4.69, 9.17) is 14.9 Å². The Kier molecular flexibility index (Phi) is 11.2. The minimum Gasteiger partial charge on any atom is -0.486 e. The molecule has 236 valence electrons. The number of carbonyl (C=O) groups excluding carboxylic acids is 2. The molecule has 3 aromatic rings. The number of nitrogens with one attached hydrogen (secondary N) is 2. The molecule has 0 saturated carbocycles. The highest BCUT2D eigenvalue weighted by Crippen LogP contribution is 2.35. The first kappa shape index (κ1) is 34.2. The SMILES string of the molecule is COC(=O)CCNC(=O)c1ccc(C(CC(C)C)Oc2ccc(-c3ccc(C(F)(F)F)cc3)c(C(=N)OC(C)(C)C)c2)cc1. The third kappa shape index (κ3) is 9.86. The van der Waals surface area contributed by atoms with Gasteiger partial charge in [0, 0.05) is 17.7 Å². The van der Waals surface area contributed by atoms with Crippen LogP contribution in [0.5, 0.6) is 5.75 Å². The Hall–Kier alpha value is -4.34. The van der Waals surface area contributed by atoms with E-state index in [1.807, 2.05) is 12.1 Å². The summed E-state index contributed by atoms with van der Waals surface area (Å²) in [5.41, 5.74) is 1.23. The van der Waals surface area contributed by atoms with Gasteiger partial charge in [0.2, 0.25) is 5.90 Å². The van der Waals surface area contributed by atoms with Gasteiger partial charge < -0.3 is 19.5 Å². The van der Waals surface area contributed by atoms with E-state index >= 15 is 0 Å². The summed E-state index contributed by atoms with van der Waals surface area (Å²) in [6.45, 7) is 9.70. The Labute approximate surface area is 256 Å². The van der Waals surface area contributed by atoms with Gasteiger partial charge in [-0.05, 0) is 92.3 Å². The van der Waals surface area contributed by atoms with Gasteiger partial charge in [-0.2, -0.15) is 13.2 Å². The third-order valence-corrected chi connectivity index (χ3v) is 6.52. The Balaban J connectivity index is 1.91. The van der Waals surface area contributed by atoms with Gasteiger partial charge in [-0.1, -0.05) is 38.1 Å². The fourth-order valence-electron chi connectivity index (χ4n) is 4.41. The molecule has 0 aliphatic heterocycles. The third-order valence-electron chi connectivity index (χ3n) is 6.52. The molecule has 10 heteroatoms. The Morgan fingerprint density at radius 3 is 2.11 bits per heavy atom. The average Bonchev–Trinajstić information content (AvgIpc) is 2.95. The highest BCUT2D eigenvalue weighted by Gasteiger charge is 2.30. The van der Waals surface area contributed by atoms with E-state index in [-0.39, 0.29) is 30.7 Å². The number of methoxy groups -OCH3 is 1. The van der Waals surface area contributed by atoms with Crippen LogP contribution in [0.2, 0.25) is 0 Å². The first-order valence-electron chi connectivity index (χ1n) is 14.3. The lowest BCUT2D eigenvalue weighted by Gasteiger charge is -2.25.